The van der Waals surface area contributed by atoms with Crippen LogP contribution in [0.1, 0.15) is 29.8 Å². The average Bonchev–Trinajstić information content (AvgIpc) is 3.23. The lowest BCUT2D eigenvalue weighted by molar-refractivity contribution is 0.773. The first-order valence-corrected chi connectivity index (χ1v) is 10.2. The first kappa shape index (κ1) is 19.0. The first-order valence-electron chi connectivity index (χ1n) is 10.2. The van der Waals surface area contributed by atoms with Gasteiger partial charge in [0.2, 0.25) is 0 Å². The SMILES string of the molecule is Cc1cccc(-n2c([C@H](C)Nc3ncnc4nc[nH]c34)cc3cccc(C)c3c2=O)c1. The molecule has 3 heterocycles. The number of fused-ring (bicyclic) bond motifs is 2. The number of anilines is 1. The molecule has 0 saturated carbocycles. The number of H-pyrrole nitrogens is 1. The Morgan fingerprint density at radius 1 is 1.03 bits per heavy atom. The molecule has 0 bridgehead atoms. The molecule has 5 rings (SSSR count). The molecular formula is C24H22N6O. The van der Waals surface area contributed by atoms with Crippen LogP contribution < -0.4 is 10.9 Å². The Morgan fingerprint density at radius 3 is 2.71 bits per heavy atom. The molecule has 2 N–H and O–H groups in total. The fourth-order valence-electron chi connectivity index (χ4n) is 4.06. The van der Waals surface area contributed by atoms with E-state index in [1.807, 2.05) is 63.2 Å². The normalized spacial score (nSPS) is 12.4. The van der Waals surface area contributed by atoms with Gasteiger partial charge in [-0.25, -0.2) is 15.0 Å². The van der Waals surface area contributed by atoms with Gasteiger partial charge in [-0.05, 0) is 55.5 Å². The number of pyridine rings is 1. The molecule has 0 aliphatic heterocycles. The van der Waals surface area contributed by atoms with Crippen molar-refractivity contribution in [2.75, 3.05) is 5.32 Å². The van der Waals surface area contributed by atoms with Crippen LogP contribution in [0.15, 0.2) is 66.0 Å². The molecule has 0 aliphatic carbocycles. The van der Waals surface area contributed by atoms with Gasteiger partial charge in [0.25, 0.3) is 5.56 Å². The smallest absolute Gasteiger partial charge is 0.263 e. The lowest BCUT2D eigenvalue weighted by Gasteiger charge is -2.22. The highest BCUT2D eigenvalue weighted by Gasteiger charge is 2.19. The molecule has 0 saturated heterocycles. The van der Waals surface area contributed by atoms with Crippen LogP contribution in [0.2, 0.25) is 0 Å². The van der Waals surface area contributed by atoms with E-state index in [0.29, 0.717) is 11.5 Å². The summed E-state index contributed by atoms with van der Waals surface area (Å²) in [7, 11) is 0. The van der Waals surface area contributed by atoms with Crippen molar-refractivity contribution in [3.8, 4) is 5.69 Å². The van der Waals surface area contributed by atoms with Crippen molar-refractivity contribution in [1.29, 1.82) is 0 Å². The zero-order chi connectivity index (χ0) is 21.5. The lowest BCUT2D eigenvalue weighted by atomic mass is 10.0. The van der Waals surface area contributed by atoms with Crippen LogP contribution in [0.3, 0.4) is 0 Å². The number of aryl methyl sites for hydroxylation is 2. The maximum atomic E-state index is 13.7. The minimum absolute atomic E-state index is 0.0285. The third kappa shape index (κ3) is 3.24. The zero-order valence-corrected chi connectivity index (χ0v) is 17.5. The molecule has 0 aliphatic rings. The van der Waals surface area contributed by atoms with Crippen LogP contribution in [0.25, 0.3) is 27.6 Å². The van der Waals surface area contributed by atoms with Gasteiger partial charge >= 0.3 is 0 Å². The Morgan fingerprint density at radius 2 is 1.87 bits per heavy atom. The Kier molecular flexibility index (Phi) is 4.51. The predicted octanol–water partition coefficient (Wildman–Crippen LogP) is 4.45. The monoisotopic (exact) mass is 410 g/mol. The standard InChI is InChI=1S/C24H22N6O/c1-14-6-4-9-18(10-14)30-19(11-17-8-5-7-15(2)20(17)24(30)31)16(3)29-23-21-22(26-12-25-21)27-13-28-23/h4-13,16H,1-3H3,(H2,25,26,27,28,29)/t16-/m0/s1. The van der Waals surface area contributed by atoms with Crippen molar-refractivity contribution in [3.05, 3.63) is 88.4 Å². The quantitative estimate of drug-likeness (QED) is 0.457. The second-order valence-corrected chi connectivity index (χ2v) is 7.78. The molecule has 7 nitrogen and oxygen atoms in total. The van der Waals surface area contributed by atoms with Crippen LogP contribution in [0.4, 0.5) is 5.82 Å². The minimum atomic E-state index is -0.209. The van der Waals surface area contributed by atoms with Crippen LogP contribution in [-0.4, -0.2) is 24.5 Å². The van der Waals surface area contributed by atoms with Crippen molar-refractivity contribution in [2.45, 2.75) is 26.8 Å². The summed E-state index contributed by atoms with van der Waals surface area (Å²) in [6, 6.07) is 15.8. The van der Waals surface area contributed by atoms with Crippen LogP contribution in [-0.2, 0) is 0 Å². The molecule has 3 aromatic heterocycles. The van der Waals surface area contributed by atoms with Crippen molar-refractivity contribution in [3.63, 3.8) is 0 Å². The highest BCUT2D eigenvalue weighted by molar-refractivity contribution is 5.86. The molecule has 1 atom stereocenters. The summed E-state index contributed by atoms with van der Waals surface area (Å²) in [6.45, 7) is 6.02. The van der Waals surface area contributed by atoms with Gasteiger partial charge < -0.3 is 10.3 Å². The number of hydrogen-bond donors (Lipinski definition) is 2. The number of imidazole rings is 1. The molecule has 154 valence electrons. The summed E-state index contributed by atoms with van der Waals surface area (Å²) < 4.78 is 1.80. The van der Waals surface area contributed by atoms with Gasteiger partial charge in [0, 0.05) is 11.4 Å². The molecule has 5 aromatic rings. The van der Waals surface area contributed by atoms with E-state index in [2.05, 4.69) is 31.3 Å². The fourth-order valence-corrected chi connectivity index (χ4v) is 4.06. The van der Waals surface area contributed by atoms with E-state index in [-0.39, 0.29) is 11.6 Å². The van der Waals surface area contributed by atoms with Crippen LogP contribution >= 0.6 is 0 Å². The summed E-state index contributed by atoms with van der Waals surface area (Å²) in [5.74, 6) is 0.641. The zero-order valence-electron chi connectivity index (χ0n) is 17.5. The molecule has 7 heteroatoms. The Hall–Kier alpha value is -4.00. The van der Waals surface area contributed by atoms with Gasteiger partial charge in [0.15, 0.2) is 11.5 Å². The third-order valence-electron chi connectivity index (χ3n) is 5.56. The summed E-state index contributed by atoms with van der Waals surface area (Å²) in [5, 5.41) is 5.09. The minimum Gasteiger partial charge on any atom is -0.360 e. The third-order valence-corrected chi connectivity index (χ3v) is 5.56. The maximum Gasteiger partial charge on any atom is 0.263 e. The van der Waals surface area contributed by atoms with Gasteiger partial charge in [-0.1, -0.05) is 30.3 Å². The highest BCUT2D eigenvalue weighted by Crippen LogP contribution is 2.26. The van der Waals surface area contributed by atoms with Gasteiger partial charge in [0.05, 0.1) is 17.8 Å². The topological polar surface area (TPSA) is 88.5 Å². The molecule has 0 radical (unpaired) electrons. The molecule has 2 aromatic carbocycles. The average molecular weight is 410 g/mol. The van der Waals surface area contributed by atoms with Crippen molar-refractivity contribution >= 4 is 27.8 Å². The number of aromatic nitrogens is 5. The first-order chi connectivity index (χ1) is 15.0. The fraction of sp³-hybridized carbons (Fsp3) is 0.167. The Balaban J connectivity index is 1.72. The summed E-state index contributed by atoms with van der Waals surface area (Å²) in [4.78, 5) is 29.5. The van der Waals surface area contributed by atoms with Crippen molar-refractivity contribution < 1.29 is 0 Å². The number of benzene rings is 2. The molecule has 31 heavy (non-hydrogen) atoms. The Bertz CT molecular complexity index is 1480. The number of aromatic amines is 1. The van der Waals surface area contributed by atoms with E-state index in [4.69, 9.17) is 0 Å². The molecule has 0 spiro atoms. The summed E-state index contributed by atoms with van der Waals surface area (Å²) in [6.07, 6.45) is 3.08. The van der Waals surface area contributed by atoms with Crippen LogP contribution in [0.5, 0.6) is 0 Å². The molecule has 0 amide bonds. The van der Waals surface area contributed by atoms with Gasteiger partial charge in [-0.2, -0.15) is 0 Å². The van der Waals surface area contributed by atoms with Gasteiger partial charge in [0.1, 0.15) is 11.8 Å². The number of hydrogen-bond acceptors (Lipinski definition) is 5. The Labute approximate surface area is 178 Å². The summed E-state index contributed by atoms with van der Waals surface area (Å²) >= 11 is 0. The molecular weight excluding hydrogens is 388 g/mol. The predicted molar refractivity (Wildman–Crippen MR) is 123 cm³/mol. The molecule has 0 fully saturated rings. The summed E-state index contributed by atoms with van der Waals surface area (Å²) in [5.41, 5.74) is 5.04. The number of nitrogens with zero attached hydrogens (tertiary/aromatic N) is 4. The van der Waals surface area contributed by atoms with E-state index in [0.717, 1.165) is 38.8 Å². The maximum absolute atomic E-state index is 13.7. The van der Waals surface area contributed by atoms with Crippen molar-refractivity contribution in [2.24, 2.45) is 0 Å². The van der Waals surface area contributed by atoms with Gasteiger partial charge in [-0.15, -0.1) is 0 Å². The highest BCUT2D eigenvalue weighted by atomic mass is 16.1. The van der Waals surface area contributed by atoms with E-state index >= 15 is 0 Å². The van der Waals surface area contributed by atoms with Crippen LogP contribution in [0, 0.1) is 13.8 Å². The lowest BCUT2D eigenvalue weighted by Crippen LogP contribution is -2.26. The van der Waals surface area contributed by atoms with Gasteiger partial charge in [-0.3, -0.25) is 9.36 Å². The van der Waals surface area contributed by atoms with Crippen molar-refractivity contribution in [1.82, 2.24) is 24.5 Å². The molecule has 0 unspecified atom stereocenters. The largest absolute Gasteiger partial charge is 0.360 e. The second-order valence-electron chi connectivity index (χ2n) is 7.78. The second kappa shape index (κ2) is 7.36. The van der Waals surface area contributed by atoms with E-state index in [1.54, 1.807) is 10.9 Å². The van der Waals surface area contributed by atoms with E-state index < -0.39 is 0 Å². The van der Waals surface area contributed by atoms with E-state index in [9.17, 15) is 4.79 Å². The number of rotatable bonds is 4. The van der Waals surface area contributed by atoms with E-state index in [1.165, 1.54) is 6.33 Å². The number of nitrogens with one attached hydrogen (secondary N) is 2.